The molecular formula is C19H23N3O3. The summed E-state index contributed by atoms with van der Waals surface area (Å²) in [6.45, 7) is 4.73. The molecule has 0 unspecified atom stereocenters. The third-order valence-electron chi connectivity index (χ3n) is 3.46. The molecule has 1 atom stereocenters. The maximum absolute atomic E-state index is 11.8. The SMILES string of the molecule is CCCNC(=O)[C@@H](C)OC(=O)/C=C/c1cnn(Cc2ccccc2)c1. The average Bonchev–Trinajstić information content (AvgIpc) is 3.06. The topological polar surface area (TPSA) is 73.2 Å². The van der Waals surface area contributed by atoms with E-state index in [4.69, 9.17) is 4.74 Å². The zero-order valence-electron chi connectivity index (χ0n) is 14.5. The second-order valence-corrected chi connectivity index (χ2v) is 5.66. The number of hydrogen-bond donors (Lipinski definition) is 1. The molecular weight excluding hydrogens is 318 g/mol. The second-order valence-electron chi connectivity index (χ2n) is 5.66. The van der Waals surface area contributed by atoms with Gasteiger partial charge in [-0.25, -0.2) is 4.79 Å². The summed E-state index contributed by atoms with van der Waals surface area (Å²) in [7, 11) is 0. The summed E-state index contributed by atoms with van der Waals surface area (Å²) in [5, 5.41) is 6.95. The predicted octanol–water partition coefficient (Wildman–Crippen LogP) is 2.40. The van der Waals surface area contributed by atoms with Crippen LogP contribution in [0.5, 0.6) is 0 Å². The van der Waals surface area contributed by atoms with Crippen LogP contribution < -0.4 is 5.32 Å². The van der Waals surface area contributed by atoms with Crippen molar-refractivity contribution in [2.24, 2.45) is 0 Å². The van der Waals surface area contributed by atoms with Crippen LogP contribution in [0.4, 0.5) is 0 Å². The molecule has 0 fully saturated rings. The Morgan fingerprint density at radius 1 is 1.32 bits per heavy atom. The highest BCUT2D eigenvalue weighted by Crippen LogP contribution is 2.06. The maximum Gasteiger partial charge on any atom is 0.331 e. The first-order valence-corrected chi connectivity index (χ1v) is 8.31. The molecule has 1 heterocycles. The Hall–Kier alpha value is -2.89. The zero-order valence-corrected chi connectivity index (χ0v) is 14.5. The highest BCUT2D eigenvalue weighted by molar-refractivity contribution is 5.90. The fourth-order valence-corrected chi connectivity index (χ4v) is 2.15. The lowest BCUT2D eigenvalue weighted by Gasteiger charge is -2.11. The van der Waals surface area contributed by atoms with Gasteiger partial charge in [0.1, 0.15) is 0 Å². The summed E-state index contributed by atoms with van der Waals surface area (Å²) in [4.78, 5) is 23.4. The van der Waals surface area contributed by atoms with E-state index in [0.717, 1.165) is 17.5 Å². The van der Waals surface area contributed by atoms with Crippen LogP contribution >= 0.6 is 0 Å². The van der Waals surface area contributed by atoms with Gasteiger partial charge in [0.15, 0.2) is 6.10 Å². The highest BCUT2D eigenvalue weighted by Gasteiger charge is 2.15. The normalized spacial score (nSPS) is 12.1. The van der Waals surface area contributed by atoms with Crippen molar-refractivity contribution in [1.82, 2.24) is 15.1 Å². The number of ether oxygens (including phenoxy) is 1. The van der Waals surface area contributed by atoms with E-state index in [-0.39, 0.29) is 5.91 Å². The van der Waals surface area contributed by atoms with Crippen molar-refractivity contribution in [1.29, 1.82) is 0 Å². The van der Waals surface area contributed by atoms with Crippen molar-refractivity contribution in [3.05, 3.63) is 59.9 Å². The van der Waals surface area contributed by atoms with Gasteiger partial charge in [0.05, 0.1) is 12.7 Å². The van der Waals surface area contributed by atoms with Crippen molar-refractivity contribution >= 4 is 18.0 Å². The Morgan fingerprint density at radius 2 is 2.08 bits per heavy atom. The van der Waals surface area contributed by atoms with E-state index < -0.39 is 12.1 Å². The maximum atomic E-state index is 11.8. The first-order valence-electron chi connectivity index (χ1n) is 8.31. The van der Waals surface area contributed by atoms with Gasteiger partial charge in [-0.1, -0.05) is 37.3 Å². The van der Waals surface area contributed by atoms with Crippen LogP contribution in [0.1, 0.15) is 31.4 Å². The smallest absolute Gasteiger partial charge is 0.331 e. The van der Waals surface area contributed by atoms with E-state index in [1.165, 1.54) is 6.08 Å². The van der Waals surface area contributed by atoms with Gasteiger partial charge < -0.3 is 10.1 Å². The van der Waals surface area contributed by atoms with Crippen LogP contribution in [-0.4, -0.2) is 34.3 Å². The standard InChI is InChI=1S/C19H23N3O3/c1-3-11-20-19(24)15(2)25-18(23)10-9-17-12-21-22(14-17)13-16-7-5-4-6-8-16/h4-10,12,14-15H,3,11,13H2,1-2H3,(H,20,24)/b10-9+/t15-/m1/s1. The summed E-state index contributed by atoms with van der Waals surface area (Å²) >= 11 is 0. The molecule has 1 amide bonds. The van der Waals surface area contributed by atoms with Crippen LogP contribution in [0.15, 0.2) is 48.8 Å². The second kappa shape index (κ2) is 9.42. The van der Waals surface area contributed by atoms with Gasteiger partial charge in [0.25, 0.3) is 5.91 Å². The summed E-state index contributed by atoms with van der Waals surface area (Å²) in [6.07, 6.45) is 6.45. The van der Waals surface area contributed by atoms with Crippen LogP contribution in [-0.2, 0) is 20.9 Å². The molecule has 0 spiro atoms. The van der Waals surface area contributed by atoms with Crippen molar-refractivity contribution < 1.29 is 14.3 Å². The monoisotopic (exact) mass is 341 g/mol. The van der Waals surface area contributed by atoms with Gasteiger partial charge in [0.2, 0.25) is 0 Å². The Labute approximate surface area is 147 Å². The lowest BCUT2D eigenvalue weighted by molar-refractivity contribution is -0.150. The van der Waals surface area contributed by atoms with Gasteiger partial charge in [-0.15, -0.1) is 0 Å². The van der Waals surface area contributed by atoms with Crippen molar-refractivity contribution in [3.8, 4) is 0 Å². The number of hydrogen-bond acceptors (Lipinski definition) is 4. The zero-order chi connectivity index (χ0) is 18.1. The van der Waals surface area contributed by atoms with Crippen molar-refractivity contribution in [2.75, 3.05) is 6.54 Å². The quantitative estimate of drug-likeness (QED) is 0.591. The molecule has 2 rings (SSSR count). The summed E-state index contributed by atoms with van der Waals surface area (Å²) in [5.41, 5.74) is 1.93. The molecule has 25 heavy (non-hydrogen) atoms. The van der Waals surface area contributed by atoms with Gasteiger partial charge in [-0.05, 0) is 25.0 Å². The van der Waals surface area contributed by atoms with Crippen LogP contribution in [0.2, 0.25) is 0 Å². The molecule has 1 aromatic heterocycles. The van der Waals surface area contributed by atoms with Gasteiger partial charge in [-0.3, -0.25) is 9.48 Å². The summed E-state index contributed by atoms with van der Waals surface area (Å²) in [6, 6.07) is 9.98. The fourth-order valence-electron chi connectivity index (χ4n) is 2.15. The molecule has 1 aromatic carbocycles. The highest BCUT2D eigenvalue weighted by atomic mass is 16.5. The van der Waals surface area contributed by atoms with Crippen molar-refractivity contribution in [2.45, 2.75) is 32.9 Å². The Balaban J connectivity index is 1.85. The third-order valence-corrected chi connectivity index (χ3v) is 3.46. The van der Waals surface area contributed by atoms with Crippen LogP contribution in [0, 0.1) is 0 Å². The first-order chi connectivity index (χ1) is 12.1. The average molecular weight is 341 g/mol. The van der Waals surface area contributed by atoms with E-state index in [0.29, 0.717) is 13.1 Å². The number of nitrogens with one attached hydrogen (secondary N) is 1. The lowest BCUT2D eigenvalue weighted by Crippen LogP contribution is -2.35. The minimum absolute atomic E-state index is 0.292. The molecule has 1 N–H and O–H groups in total. The summed E-state index contributed by atoms with van der Waals surface area (Å²) in [5.74, 6) is -0.853. The molecule has 0 radical (unpaired) electrons. The molecule has 2 aromatic rings. The lowest BCUT2D eigenvalue weighted by atomic mass is 10.2. The third kappa shape index (κ3) is 6.25. The molecule has 0 saturated heterocycles. The van der Waals surface area contributed by atoms with Gasteiger partial charge >= 0.3 is 5.97 Å². The number of benzene rings is 1. The van der Waals surface area contributed by atoms with Crippen LogP contribution in [0.25, 0.3) is 6.08 Å². The summed E-state index contributed by atoms with van der Waals surface area (Å²) < 4.78 is 6.86. The van der Waals surface area contributed by atoms with Crippen LogP contribution in [0.3, 0.4) is 0 Å². The number of amides is 1. The largest absolute Gasteiger partial charge is 0.449 e. The van der Waals surface area contributed by atoms with Gasteiger partial charge in [0, 0.05) is 24.4 Å². The number of aromatic nitrogens is 2. The van der Waals surface area contributed by atoms with E-state index in [1.54, 1.807) is 23.9 Å². The number of esters is 1. The van der Waals surface area contributed by atoms with E-state index in [2.05, 4.69) is 10.4 Å². The number of nitrogens with zero attached hydrogens (tertiary/aromatic N) is 2. The Morgan fingerprint density at radius 3 is 2.80 bits per heavy atom. The molecule has 0 bridgehead atoms. The van der Waals surface area contributed by atoms with Crippen molar-refractivity contribution in [3.63, 3.8) is 0 Å². The fraction of sp³-hybridized carbons (Fsp3) is 0.316. The Kier molecular flexibility index (Phi) is 6.95. The minimum atomic E-state index is -0.815. The predicted molar refractivity (Wildman–Crippen MR) is 95.7 cm³/mol. The molecule has 0 aliphatic heterocycles. The van der Waals surface area contributed by atoms with E-state index in [9.17, 15) is 9.59 Å². The van der Waals surface area contributed by atoms with E-state index >= 15 is 0 Å². The van der Waals surface area contributed by atoms with E-state index in [1.807, 2.05) is 43.5 Å². The molecule has 132 valence electrons. The number of carbonyl (C=O) groups is 2. The van der Waals surface area contributed by atoms with Gasteiger partial charge in [-0.2, -0.15) is 5.10 Å². The molecule has 0 saturated carbocycles. The molecule has 6 heteroatoms. The molecule has 0 aliphatic rings. The minimum Gasteiger partial charge on any atom is -0.449 e. The first kappa shape index (κ1) is 18.4. The molecule has 6 nitrogen and oxygen atoms in total. The number of carbonyl (C=O) groups excluding carboxylic acids is 2. The Bertz CT molecular complexity index is 723. The number of rotatable bonds is 8. The molecule has 0 aliphatic carbocycles.